The third kappa shape index (κ3) is 4.93. The van der Waals surface area contributed by atoms with E-state index in [1.807, 2.05) is 18.3 Å². The molecule has 1 aliphatic rings. The van der Waals surface area contributed by atoms with Crippen molar-refractivity contribution in [3.8, 4) is 0 Å². The molecule has 0 amide bonds. The lowest BCUT2D eigenvalue weighted by Gasteiger charge is -2.20. The number of rotatable bonds is 8. The molecule has 3 atom stereocenters. The van der Waals surface area contributed by atoms with E-state index >= 15 is 0 Å². The number of hydrogen-bond donors (Lipinski definition) is 1. The van der Waals surface area contributed by atoms with Crippen molar-refractivity contribution in [2.75, 3.05) is 6.61 Å². The number of thiophene rings is 1. The summed E-state index contributed by atoms with van der Waals surface area (Å²) in [6.45, 7) is 4.59. The fourth-order valence-corrected chi connectivity index (χ4v) is 5.70. The van der Waals surface area contributed by atoms with Crippen LogP contribution in [0.4, 0.5) is 0 Å². The summed E-state index contributed by atoms with van der Waals surface area (Å²) < 4.78 is 6.39. The maximum atomic E-state index is 11.5. The number of benzene rings is 2. The SMILES string of the molecule is CCOC(=O)CCc1ccc(C2CCC(NC(C)c3csc4ccccc34)C2)cc1. The largest absolute Gasteiger partial charge is 0.466 e. The molecule has 1 N–H and O–H groups in total. The van der Waals surface area contributed by atoms with Crippen LogP contribution in [0.2, 0.25) is 0 Å². The van der Waals surface area contributed by atoms with Crippen LogP contribution in [0.3, 0.4) is 0 Å². The van der Waals surface area contributed by atoms with E-state index < -0.39 is 0 Å². The highest BCUT2D eigenvalue weighted by molar-refractivity contribution is 7.17. The smallest absolute Gasteiger partial charge is 0.306 e. The van der Waals surface area contributed by atoms with Gasteiger partial charge in [0.1, 0.15) is 0 Å². The second-order valence-electron chi connectivity index (χ2n) is 8.33. The molecule has 0 bridgehead atoms. The summed E-state index contributed by atoms with van der Waals surface area (Å²) >= 11 is 1.84. The standard InChI is InChI=1S/C26H31NO2S/c1-3-29-26(28)15-10-19-8-11-20(12-9-19)21-13-14-22(16-21)27-18(2)24-17-30-25-7-5-4-6-23(24)25/h4-9,11-12,17-18,21-22,27H,3,10,13-16H2,1-2H3. The van der Waals surface area contributed by atoms with Crippen LogP contribution in [-0.2, 0) is 16.0 Å². The summed E-state index contributed by atoms with van der Waals surface area (Å²) in [4.78, 5) is 11.5. The van der Waals surface area contributed by atoms with Crippen molar-refractivity contribution in [3.63, 3.8) is 0 Å². The molecular weight excluding hydrogens is 390 g/mol. The van der Waals surface area contributed by atoms with E-state index in [1.54, 1.807) is 0 Å². The van der Waals surface area contributed by atoms with E-state index in [9.17, 15) is 4.79 Å². The molecule has 3 nitrogen and oxygen atoms in total. The minimum atomic E-state index is -0.112. The molecule has 0 radical (unpaired) electrons. The van der Waals surface area contributed by atoms with E-state index in [0.29, 0.717) is 31.0 Å². The molecule has 4 rings (SSSR count). The van der Waals surface area contributed by atoms with Crippen molar-refractivity contribution in [3.05, 3.63) is 70.6 Å². The quantitative estimate of drug-likeness (QED) is 0.429. The number of hydrogen-bond acceptors (Lipinski definition) is 4. The van der Waals surface area contributed by atoms with Gasteiger partial charge in [-0.2, -0.15) is 0 Å². The molecule has 2 aromatic carbocycles. The maximum absolute atomic E-state index is 11.5. The summed E-state index contributed by atoms with van der Waals surface area (Å²) in [5.74, 6) is 0.506. The summed E-state index contributed by atoms with van der Waals surface area (Å²) in [6, 6.07) is 18.5. The Hall–Kier alpha value is -2.17. The predicted molar refractivity (Wildman–Crippen MR) is 125 cm³/mol. The van der Waals surface area contributed by atoms with Crippen molar-refractivity contribution in [2.24, 2.45) is 0 Å². The highest BCUT2D eigenvalue weighted by Crippen LogP contribution is 2.37. The normalized spacial score (nSPS) is 19.8. The minimum Gasteiger partial charge on any atom is -0.466 e. The monoisotopic (exact) mass is 421 g/mol. The summed E-state index contributed by atoms with van der Waals surface area (Å²) in [7, 11) is 0. The molecule has 3 unspecified atom stereocenters. The predicted octanol–water partition coefficient (Wildman–Crippen LogP) is 6.38. The number of fused-ring (bicyclic) bond motifs is 1. The lowest BCUT2D eigenvalue weighted by molar-refractivity contribution is -0.143. The van der Waals surface area contributed by atoms with Gasteiger partial charge in [0.25, 0.3) is 0 Å². The van der Waals surface area contributed by atoms with Gasteiger partial charge < -0.3 is 10.1 Å². The van der Waals surface area contributed by atoms with Gasteiger partial charge in [-0.25, -0.2) is 0 Å². The molecule has 1 saturated carbocycles. The second kappa shape index (κ2) is 9.76. The first-order chi connectivity index (χ1) is 14.6. The zero-order valence-corrected chi connectivity index (χ0v) is 18.7. The van der Waals surface area contributed by atoms with Crippen molar-refractivity contribution < 1.29 is 9.53 Å². The molecule has 1 heterocycles. The first-order valence-electron chi connectivity index (χ1n) is 11.1. The van der Waals surface area contributed by atoms with Crippen LogP contribution in [0.5, 0.6) is 0 Å². The van der Waals surface area contributed by atoms with Gasteiger partial charge in [0.05, 0.1) is 6.61 Å². The Morgan fingerprint density at radius 3 is 2.77 bits per heavy atom. The van der Waals surface area contributed by atoms with Gasteiger partial charge in [0.2, 0.25) is 0 Å². The van der Waals surface area contributed by atoms with Crippen LogP contribution < -0.4 is 5.32 Å². The third-order valence-corrected chi connectivity index (χ3v) is 7.25. The molecule has 1 fully saturated rings. The van der Waals surface area contributed by atoms with Gasteiger partial charge in [0.15, 0.2) is 0 Å². The van der Waals surface area contributed by atoms with Crippen molar-refractivity contribution >= 4 is 27.4 Å². The van der Waals surface area contributed by atoms with Gasteiger partial charge in [-0.3, -0.25) is 4.79 Å². The van der Waals surface area contributed by atoms with E-state index in [4.69, 9.17) is 4.74 Å². The van der Waals surface area contributed by atoms with Crippen LogP contribution >= 0.6 is 11.3 Å². The van der Waals surface area contributed by atoms with Gasteiger partial charge in [-0.05, 0) is 79.0 Å². The van der Waals surface area contributed by atoms with Crippen molar-refractivity contribution in [2.45, 2.75) is 64.0 Å². The zero-order chi connectivity index (χ0) is 20.9. The molecule has 4 heteroatoms. The summed E-state index contributed by atoms with van der Waals surface area (Å²) in [5, 5.41) is 7.58. The van der Waals surface area contributed by atoms with Crippen LogP contribution in [-0.4, -0.2) is 18.6 Å². The first-order valence-corrected chi connectivity index (χ1v) is 12.0. The number of carbonyl (C=O) groups excluding carboxylic acids is 1. The van der Waals surface area contributed by atoms with Crippen LogP contribution in [0, 0.1) is 0 Å². The zero-order valence-electron chi connectivity index (χ0n) is 17.9. The highest BCUT2D eigenvalue weighted by atomic mass is 32.1. The third-order valence-electron chi connectivity index (χ3n) is 6.27. The van der Waals surface area contributed by atoms with Crippen LogP contribution in [0.25, 0.3) is 10.1 Å². The molecule has 0 saturated heterocycles. The summed E-state index contributed by atoms with van der Waals surface area (Å²) in [5.41, 5.74) is 4.05. The minimum absolute atomic E-state index is 0.112. The Kier molecular flexibility index (Phi) is 6.86. The van der Waals surface area contributed by atoms with Crippen molar-refractivity contribution in [1.82, 2.24) is 5.32 Å². The van der Waals surface area contributed by atoms with Crippen LogP contribution in [0.15, 0.2) is 53.9 Å². The Morgan fingerprint density at radius 1 is 1.17 bits per heavy atom. The molecule has 0 spiro atoms. The molecule has 1 aromatic heterocycles. The molecule has 30 heavy (non-hydrogen) atoms. The first kappa shape index (κ1) is 21.1. The molecular formula is C26H31NO2S. The van der Waals surface area contributed by atoms with Gasteiger partial charge >= 0.3 is 5.97 Å². The average molecular weight is 422 g/mol. The molecule has 158 valence electrons. The van der Waals surface area contributed by atoms with E-state index in [-0.39, 0.29) is 5.97 Å². The van der Waals surface area contributed by atoms with E-state index in [1.165, 1.54) is 46.0 Å². The fraction of sp³-hybridized carbons (Fsp3) is 0.423. The maximum Gasteiger partial charge on any atom is 0.306 e. The Balaban J connectivity index is 1.31. The van der Waals surface area contributed by atoms with Gasteiger partial charge in [-0.15, -0.1) is 11.3 Å². The number of carbonyl (C=O) groups is 1. The fourth-order valence-electron chi connectivity index (χ4n) is 4.65. The van der Waals surface area contributed by atoms with Crippen LogP contribution in [0.1, 0.15) is 68.2 Å². The van der Waals surface area contributed by atoms with Gasteiger partial charge in [0, 0.05) is 23.2 Å². The molecule has 3 aromatic rings. The summed E-state index contributed by atoms with van der Waals surface area (Å²) in [6.07, 6.45) is 4.85. The van der Waals surface area contributed by atoms with Crippen molar-refractivity contribution in [1.29, 1.82) is 0 Å². The highest BCUT2D eigenvalue weighted by Gasteiger charge is 2.27. The lowest BCUT2D eigenvalue weighted by Crippen LogP contribution is -2.29. The Morgan fingerprint density at radius 2 is 1.97 bits per heavy atom. The topological polar surface area (TPSA) is 38.3 Å². The number of ether oxygens (including phenoxy) is 1. The second-order valence-corrected chi connectivity index (χ2v) is 9.24. The molecule has 0 aliphatic heterocycles. The van der Waals surface area contributed by atoms with E-state index in [0.717, 1.165) is 6.42 Å². The number of esters is 1. The number of nitrogens with one attached hydrogen (secondary N) is 1. The number of aryl methyl sites for hydroxylation is 1. The van der Waals surface area contributed by atoms with E-state index in [2.05, 4.69) is 66.2 Å². The lowest BCUT2D eigenvalue weighted by atomic mass is 9.95. The molecule has 1 aliphatic carbocycles. The Labute approximate surface area is 183 Å². The van der Waals surface area contributed by atoms with Gasteiger partial charge in [-0.1, -0.05) is 42.5 Å². The Bertz CT molecular complexity index is 978. The average Bonchev–Trinajstić information content (AvgIpc) is 3.40.